The van der Waals surface area contributed by atoms with Gasteiger partial charge in [0.2, 0.25) is 5.95 Å². The molecule has 2 heterocycles. The molecule has 0 radical (unpaired) electrons. The fourth-order valence-corrected chi connectivity index (χ4v) is 4.15. The number of anilines is 3. The van der Waals surface area contributed by atoms with Crippen molar-refractivity contribution in [1.82, 2.24) is 19.9 Å². The van der Waals surface area contributed by atoms with Crippen LogP contribution in [-0.4, -0.2) is 44.8 Å². The molecule has 0 saturated carbocycles. The number of carbonyl (C=O) groups is 2. The van der Waals surface area contributed by atoms with E-state index in [1.165, 1.54) is 4.57 Å². The lowest BCUT2D eigenvalue weighted by molar-refractivity contribution is 0.0507. The standard InChI is InChI=1S/C31H35N7O4/c1-31(2,3)42-30(41)35-24(19-21-11-7-5-8-12-21)20-33-28-36-25(22-15-17-32-18-16-22)26(27(39)38(28)4)37-29(40)34-23-13-9-6-10-14-23/h5-18,24H,19-20H2,1-4H3,(H,33,36)(H,35,41)(H2,34,37,40). The second-order valence-corrected chi connectivity index (χ2v) is 10.6. The van der Waals surface area contributed by atoms with Crippen molar-refractivity contribution >= 4 is 29.4 Å². The third kappa shape index (κ3) is 8.40. The molecule has 0 fully saturated rings. The first-order valence-electron chi connectivity index (χ1n) is 13.5. The van der Waals surface area contributed by atoms with Gasteiger partial charge in [-0.3, -0.25) is 14.3 Å². The third-order valence-electron chi connectivity index (χ3n) is 6.07. The number of alkyl carbamates (subject to hydrolysis) is 1. The SMILES string of the molecule is Cn1c(NCC(Cc2ccccc2)NC(=O)OC(C)(C)C)nc(-c2ccncc2)c(NC(=O)Nc2ccccc2)c1=O. The zero-order valence-electron chi connectivity index (χ0n) is 24.0. The number of aromatic nitrogens is 3. The Balaban J connectivity index is 1.61. The molecule has 4 rings (SSSR count). The maximum Gasteiger partial charge on any atom is 0.407 e. The van der Waals surface area contributed by atoms with Crippen molar-refractivity contribution in [3.63, 3.8) is 0 Å². The molecule has 0 saturated heterocycles. The predicted octanol–water partition coefficient (Wildman–Crippen LogP) is 5.03. The van der Waals surface area contributed by atoms with Crippen LogP contribution in [-0.2, 0) is 18.2 Å². The van der Waals surface area contributed by atoms with Gasteiger partial charge in [0, 0.05) is 37.2 Å². The van der Waals surface area contributed by atoms with Gasteiger partial charge in [-0.1, -0.05) is 48.5 Å². The van der Waals surface area contributed by atoms with E-state index in [1.807, 2.05) is 36.4 Å². The number of pyridine rings is 1. The predicted molar refractivity (Wildman–Crippen MR) is 164 cm³/mol. The van der Waals surface area contributed by atoms with Gasteiger partial charge in [-0.05, 0) is 57.0 Å². The van der Waals surface area contributed by atoms with Gasteiger partial charge in [-0.15, -0.1) is 0 Å². The Morgan fingerprint density at radius 3 is 2.21 bits per heavy atom. The molecule has 42 heavy (non-hydrogen) atoms. The van der Waals surface area contributed by atoms with Crippen LogP contribution in [0.15, 0.2) is 90.0 Å². The highest BCUT2D eigenvalue weighted by atomic mass is 16.6. The Hall–Kier alpha value is -5.19. The molecule has 0 bridgehead atoms. The van der Waals surface area contributed by atoms with Gasteiger partial charge < -0.3 is 26.0 Å². The number of hydrogen-bond acceptors (Lipinski definition) is 7. The van der Waals surface area contributed by atoms with Crippen molar-refractivity contribution in [2.45, 2.75) is 38.8 Å². The summed E-state index contributed by atoms with van der Waals surface area (Å²) in [6.45, 7) is 5.64. The number of hydrogen-bond donors (Lipinski definition) is 4. The first-order valence-corrected chi connectivity index (χ1v) is 13.5. The van der Waals surface area contributed by atoms with Crippen molar-refractivity contribution < 1.29 is 14.3 Å². The van der Waals surface area contributed by atoms with Gasteiger partial charge in [0.15, 0.2) is 0 Å². The zero-order valence-corrected chi connectivity index (χ0v) is 24.0. The van der Waals surface area contributed by atoms with Crippen LogP contribution >= 0.6 is 0 Å². The molecule has 218 valence electrons. The quantitative estimate of drug-likeness (QED) is 0.222. The highest BCUT2D eigenvalue weighted by Crippen LogP contribution is 2.24. The summed E-state index contributed by atoms with van der Waals surface area (Å²) < 4.78 is 6.79. The normalized spacial score (nSPS) is 11.7. The monoisotopic (exact) mass is 569 g/mol. The van der Waals surface area contributed by atoms with Crippen molar-refractivity contribution in [2.24, 2.45) is 7.05 Å². The van der Waals surface area contributed by atoms with E-state index in [2.05, 4.69) is 26.3 Å². The minimum Gasteiger partial charge on any atom is -0.444 e. The average molecular weight is 570 g/mol. The number of rotatable bonds is 9. The zero-order chi connectivity index (χ0) is 30.1. The summed E-state index contributed by atoms with van der Waals surface area (Å²) in [5.74, 6) is 0.255. The van der Waals surface area contributed by atoms with Gasteiger partial charge in [-0.25, -0.2) is 14.6 Å². The maximum absolute atomic E-state index is 13.6. The second kappa shape index (κ2) is 13.4. The molecule has 1 unspecified atom stereocenters. The number of carbonyl (C=O) groups excluding carboxylic acids is 2. The summed E-state index contributed by atoms with van der Waals surface area (Å²) in [6, 6.07) is 21.1. The van der Waals surface area contributed by atoms with E-state index in [0.29, 0.717) is 17.7 Å². The van der Waals surface area contributed by atoms with Crippen LogP contribution in [0.4, 0.5) is 26.9 Å². The first kappa shape index (κ1) is 29.8. The van der Waals surface area contributed by atoms with E-state index in [4.69, 9.17) is 9.72 Å². The summed E-state index contributed by atoms with van der Waals surface area (Å²) in [5.41, 5.74) is 1.33. The smallest absolute Gasteiger partial charge is 0.407 e. The Kier molecular flexibility index (Phi) is 9.53. The molecule has 0 spiro atoms. The molecular formula is C31H35N7O4. The molecule has 11 heteroatoms. The molecule has 0 aliphatic carbocycles. The van der Waals surface area contributed by atoms with Crippen molar-refractivity contribution in [1.29, 1.82) is 0 Å². The fraction of sp³-hybridized carbons (Fsp3) is 0.258. The molecule has 3 amide bonds. The lowest BCUT2D eigenvalue weighted by Crippen LogP contribution is -2.44. The second-order valence-electron chi connectivity index (χ2n) is 10.6. The number of benzene rings is 2. The van der Waals surface area contributed by atoms with Crippen molar-refractivity contribution in [3.8, 4) is 11.3 Å². The van der Waals surface area contributed by atoms with Crippen LogP contribution in [0.5, 0.6) is 0 Å². The topological polar surface area (TPSA) is 139 Å². The summed E-state index contributed by atoms with van der Waals surface area (Å²) in [6.07, 6.45) is 3.12. The minimum absolute atomic E-state index is 0.00963. The molecule has 0 aliphatic rings. The highest BCUT2D eigenvalue weighted by molar-refractivity contribution is 6.01. The van der Waals surface area contributed by atoms with Gasteiger partial charge >= 0.3 is 12.1 Å². The van der Waals surface area contributed by atoms with Crippen LogP contribution in [0.2, 0.25) is 0 Å². The Labute approximate surface area is 244 Å². The van der Waals surface area contributed by atoms with Crippen molar-refractivity contribution in [2.75, 3.05) is 22.5 Å². The molecule has 4 N–H and O–H groups in total. The summed E-state index contributed by atoms with van der Waals surface area (Å²) >= 11 is 0. The molecule has 0 aliphatic heterocycles. The molecule has 1 atom stereocenters. The van der Waals surface area contributed by atoms with E-state index >= 15 is 0 Å². The lowest BCUT2D eigenvalue weighted by Gasteiger charge is -2.24. The number of nitrogens with zero attached hydrogens (tertiary/aromatic N) is 3. The largest absolute Gasteiger partial charge is 0.444 e. The van der Waals surface area contributed by atoms with Crippen LogP contribution in [0.1, 0.15) is 26.3 Å². The Morgan fingerprint density at radius 1 is 0.929 bits per heavy atom. The fourth-order valence-electron chi connectivity index (χ4n) is 4.15. The van der Waals surface area contributed by atoms with Gasteiger partial charge in [0.05, 0.1) is 6.04 Å². The van der Waals surface area contributed by atoms with E-state index < -0.39 is 29.3 Å². The van der Waals surface area contributed by atoms with E-state index in [-0.39, 0.29) is 23.9 Å². The van der Waals surface area contributed by atoms with Crippen LogP contribution in [0.3, 0.4) is 0 Å². The summed E-state index contributed by atoms with van der Waals surface area (Å²) in [4.78, 5) is 47.8. The van der Waals surface area contributed by atoms with Crippen molar-refractivity contribution in [3.05, 3.63) is 101 Å². The molecule has 2 aromatic carbocycles. The first-order chi connectivity index (χ1) is 20.1. The molecule has 4 aromatic rings. The summed E-state index contributed by atoms with van der Waals surface area (Å²) in [7, 11) is 1.56. The number of para-hydroxylation sites is 1. The van der Waals surface area contributed by atoms with Crippen LogP contribution in [0.25, 0.3) is 11.3 Å². The van der Waals surface area contributed by atoms with E-state index in [0.717, 1.165) is 5.56 Å². The van der Waals surface area contributed by atoms with E-state index in [9.17, 15) is 14.4 Å². The highest BCUT2D eigenvalue weighted by Gasteiger charge is 2.22. The Bertz CT molecular complexity index is 1550. The van der Waals surface area contributed by atoms with Gasteiger partial charge in [0.1, 0.15) is 17.0 Å². The summed E-state index contributed by atoms with van der Waals surface area (Å²) in [5, 5.41) is 11.5. The molecule has 2 aromatic heterocycles. The Morgan fingerprint density at radius 2 is 1.57 bits per heavy atom. The number of ether oxygens (including phenoxy) is 1. The van der Waals surface area contributed by atoms with Gasteiger partial charge in [-0.2, -0.15) is 0 Å². The third-order valence-corrected chi connectivity index (χ3v) is 6.07. The van der Waals surface area contributed by atoms with Crippen LogP contribution < -0.4 is 26.8 Å². The average Bonchev–Trinajstić information content (AvgIpc) is 2.95. The lowest BCUT2D eigenvalue weighted by atomic mass is 10.1. The molecule has 11 nitrogen and oxygen atoms in total. The van der Waals surface area contributed by atoms with Crippen LogP contribution in [0, 0.1) is 0 Å². The molecular weight excluding hydrogens is 534 g/mol. The maximum atomic E-state index is 13.6. The minimum atomic E-state index is -0.657. The van der Waals surface area contributed by atoms with E-state index in [1.54, 1.807) is 76.6 Å². The number of urea groups is 1. The number of amides is 3. The van der Waals surface area contributed by atoms with Gasteiger partial charge in [0.25, 0.3) is 5.56 Å². The number of nitrogens with one attached hydrogen (secondary N) is 4.